The summed E-state index contributed by atoms with van der Waals surface area (Å²) >= 11 is 3.28. The van der Waals surface area contributed by atoms with Crippen LogP contribution in [0.25, 0.3) is 31.5 Å². The second kappa shape index (κ2) is 7.51. The molecule has 0 saturated heterocycles. The fraction of sp³-hybridized carbons (Fsp3) is 0.167. The molecule has 0 fully saturated rings. The topological polar surface area (TPSA) is 47.9 Å². The van der Waals surface area contributed by atoms with Crippen LogP contribution in [0.1, 0.15) is 13.8 Å². The quantitative estimate of drug-likeness (QED) is 0.486. The van der Waals surface area contributed by atoms with Crippen molar-refractivity contribution >= 4 is 33.7 Å². The van der Waals surface area contributed by atoms with Crippen molar-refractivity contribution in [1.82, 2.24) is 15.0 Å². The van der Waals surface area contributed by atoms with Crippen molar-refractivity contribution < 1.29 is 4.74 Å². The average molecular weight is 355 g/mol. The molecule has 0 saturated carbocycles. The summed E-state index contributed by atoms with van der Waals surface area (Å²) in [6, 6.07) is 11.9. The highest BCUT2D eigenvalue weighted by molar-refractivity contribution is 7.23. The lowest BCUT2D eigenvalue weighted by Gasteiger charge is -2.06. The summed E-state index contributed by atoms with van der Waals surface area (Å²) in [5.41, 5.74) is 2.47. The third-order valence-electron chi connectivity index (χ3n) is 3.21. The van der Waals surface area contributed by atoms with Gasteiger partial charge in [-0.2, -0.15) is 0 Å². The Morgan fingerprint density at radius 2 is 1.62 bits per heavy atom. The Bertz CT molecular complexity index is 933. The fourth-order valence-electron chi connectivity index (χ4n) is 2.21. The number of hydrogen-bond donors (Lipinski definition) is 0. The molecule has 0 aliphatic carbocycles. The molecular weight excluding hydrogens is 338 g/mol. The molecule has 0 atom stereocenters. The van der Waals surface area contributed by atoms with Gasteiger partial charge in [0.1, 0.15) is 10.7 Å². The number of nitrogens with zero attached hydrogens (tertiary/aromatic N) is 3. The molecule has 1 aromatic carbocycles. The van der Waals surface area contributed by atoms with Crippen molar-refractivity contribution in [2.24, 2.45) is 0 Å². The summed E-state index contributed by atoms with van der Waals surface area (Å²) < 4.78 is 5.43. The van der Waals surface area contributed by atoms with E-state index in [4.69, 9.17) is 9.72 Å². The standard InChI is InChI=1S/C16H11N3OS2.C2H6/c1-20-15-14(18-10-4-2-3-5-11(10)19-15)12-6-7-13(22-12)16-17-8-9-21-16;1-2/h2-9H,1H3;1-2H3. The third-order valence-corrected chi connectivity index (χ3v) is 5.25. The molecule has 0 aliphatic heterocycles. The molecule has 3 heterocycles. The van der Waals surface area contributed by atoms with E-state index in [0.717, 1.165) is 31.5 Å². The number of fused-ring (bicyclic) bond motifs is 1. The first kappa shape index (κ1) is 16.5. The van der Waals surface area contributed by atoms with Crippen LogP contribution in [0.5, 0.6) is 5.88 Å². The van der Waals surface area contributed by atoms with Crippen LogP contribution >= 0.6 is 22.7 Å². The minimum Gasteiger partial charge on any atom is -0.479 e. The first-order valence-electron chi connectivity index (χ1n) is 7.66. The first-order chi connectivity index (χ1) is 11.8. The molecule has 3 aromatic heterocycles. The highest BCUT2D eigenvalue weighted by Gasteiger charge is 2.15. The molecular formula is C18H17N3OS2. The number of ether oxygens (including phenoxy) is 1. The van der Waals surface area contributed by atoms with E-state index in [9.17, 15) is 0 Å². The number of benzene rings is 1. The second-order valence-corrected chi connectivity index (χ2v) is 6.55. The Kier molecular flexibility index (Phi) is 5.17. The van der Waals surface area contributed by atoms with Gasteiger partial charge in [-0.1, -0.05) is 26.0 Å². The highest BCUT2D eigenvalue weighted by atomic mass is 32.1. The van der Waals surface area contributed by atoms with Gasteiger partial charge in [-0.25, -0.2) is 15.0 Å². The Hall–Kier alpha value is -2.31. The van der Waals surface area contributed by atoms with Crippen LogP contribution in [0.15, 0.2) is 48.0 Å². The zero-order chi connectivity index (χ0) is 16.9. The van der Waals surface area contributed by atoms with Crippen LogP contribution in [0.4, 0.5) is 0 Å². The van der Waals surface area contributed by atoms with Gasteiger partial charge in [0.15, 0.2) is 0 Å². The predicted octanol–water partition coefficient (Wildman–Crippen LogP) is 5.52. The molecule has 0 radical (unpaired) electrons. The van der Waals surface area contributed by atoms with Gasteiger partial charge in [0.05, 0.1) is 27.9 Å². The molecule has 6 heteroatoms. The normalized spacial score (nSPS) is 10.3. The maximum Gasteiger partial charge on any atom is 0.241 e. The van der Waals surface area contributed by atoms with Crippen molar-refractivity contribution in [3.05, 3.63) is 48.0 Å². The maximum absolute atomic E-state index is 5.43. The van der Waals surface area contributed by atoms with Gasteiger partial charge < -0.3 is 4.74 Å². The van der Waals surface area contributed by atoms with E-state index in [1.165, 1.54) is 0 Å². The van der Waals surface area contributed by atoms with E-state index in [2.05, 4.69) is 16.0 Å². The lowest BCUT2D eigenvalue weighted by molar-refractivity contribution is 0.400. The number of methoxy groups -OCH3 is 1. The molecule has 0 bridgehead atoms. The molecule has 0 aliphatic rings. The number of para-hydroxylation sites is 2. The fourth-order valence-corrected chi connectivity index (χ4v) is 3.92. The molecule has 0 N–H and O–H groups in total. The minimum absolute atomic E-state index is 0.547. The predicted molar refractivity (Wildman–Crippen MR) is 102 cm³/mol. The lowest BCUT2D eigenvalue weighted by Crippen LogP contribution is -1.95. The van der Waals surface area contributed by atoms with E-state index in [-0.39, 0.29) is 0 Å². The van der Waals surface area contributed by atoms with E-state index >= 15 is 0 Å². The van der Waals surface area contributed by atoms with Gasteiger partial charge in [-0.15, -0.1) is 22.7 Å². The van der Waals surface area contributed by atoms with E-state index in [0.29, 0.717) is 5.88 Å². The molecule has 4 nitrogen and oxygen atoms in total. The zero-order valence-corrected chi connectivity index (χ0v) is 15.3. The molecule has 4 rings (SSSR count). The summed E-state index contributed by atoms with van der Waals surface area (Å²) in [7, 11) is 1.62. The van der Waals surface area contributed by atoms with Crippen LogP contribution in [0, 0.1) is 0 Å². The molecule has 122 valence electrons. The van der Waals surface area contributed by atoms with Gasteiger partial charge in [0.2, 0.25) is 5.88 Å². The number of hydrogen-bond acceptors (Lipinski definition) is 6. The summed E-state index contributed by atoms with van der Waals surface area (Å²) in [5, 5.41) is 2.99. The summed E-state index contributed by atoms with van der Waals surface area (Å²) in [4.78, 5) is 15.8. The van der Waals surface area contributed by atoms with Gasteiger partial charge >= 0.3 is 0 Å². The monoisotopic (exact) mass is 355 g/mol. The largest absolute Gasteiger partial charge is 0.479 e. The van der Waals surface area contributed by atoms with Gasteiger partial charge in [0.25, 0.3) is 0 Å². The van der Waals surface area contributed by atoms with Crippen LogP contribution in [0.2, 0.25) is 0 Å². The van der Waals surface area contributed by atoms with Crippen molar-refractivity contribution in [3.63, 3.8) is 0 Å². The molecule has 4 aromatic rings. The summed E-state index contributed by atoms with van der Waals surface area (Å²) in [6.07, 6.45) is 1.82. The van der Waals surface area contributed by atoms with Crippen LogP contribution in [0.3, 0.4) is 0 Å². The van der Waals surface area contributed by atoms with Gasteiger partial charge in [-0.3, -0.25) is 0 Å². The number of aromatic nitrogens is 3. The van der Waals surface area contributed by atoms with Crippen LogP contribution in [-0.2, 0) is 0 Å². The van der Waals surface area contributed by atoms with Crippen molar-refractivity contribution in [3.8, 4) is 26.3 Å². The molecule has 0 amide bonds. The number of thiophene rings is 1. The number of thiazole rings is 1. The minimum atomic E-state index is 0.547. The molecule has 0 spiro atoms. The molecule has 24 heavy (non-hydrogen) atoms. The summed E-state index contributed by atoms with van der Waals surface area (Å²) in [5.74, 6) is 0.547. The average Bonchev–Trinajstić information content (AvgIpc) is 3.33. The van der Waals surface area contributed by atoms with Crippen molar-refractivity contribution in [1.29, 1.82) is 0 Å². The maximum atomic E-state index is 5.43. The third kappa shape index (κ3) is 3.16. The van der Waals surface area contributed by atoms with Gasteiger partial charge in [0, 0.05) is 11.6 Å². The Morgan fingerprint density at radius 1 is 0.917 bits per heavy atom. The SMILES string of the molecule is CC.COc1nc2ccccc2nc1-c1ccc(-c2nccs2)s1. The van der Waals surface area contributed by atoms with Crippen LogP contribution < -0.4 is 4.74 Å². The second-order valence-electron chi connectivity index (χ2n) is 4.57. The summed E-state index contributed by atoms with van der Waals surface area (Å²) in [6.45, 7) is 4.00. The Balaban J connectivity index is 0.000000815. The smallest absolute Gasteiger partial charge is 0.241 e. The Labute approximate surface area is 148 Å². The molecule has 0 unspecified atom stereocenters. The van der Waals surface area contributed by atoms with E-state index in [1.54, 1.807) is 29.8 Å². The zero-order valence-electron chi connectivity index (χ0n) is 13.7. The Morgan fingerprint density at radius 3 is 2.29 bits per heavy atom. The van der Waals surface area contributed by atoms with E-state index in [1.807, 2.05) is 55.8 Å². The lowest BCUT2D eigenvalue weighted by atomic mass is 10.2. The number of rotatable bonds is 3. The van der Waals surface area contributed by atoms with Crippen LogP contribution in [-0.4, -0.2) is 22.1 Å². The van der Waals surface area contributed by atoms with E-state index < -0.39 is 0 Å². The highest BCUT2D eigenvalue weighted by Crippen LogP contribution is 2.38. The first-order valence-corrected chi connectivity index (χ1v) is 9.35. The van der Waals surface area contributed by atoms with Gasteiger partial charge in [-0.05, 0) is 24.3 Å². The van der Waals surface area contributed by atoms with Crippen molar-refractivity contribution in [2.45, 2.75) is 13.8 Å². The van der Waals surface area contributed by atoms with Crippen molar-refractivity contribution in [2.75, 3.05) is 7.11 Å².